The molecule has 0 spiro atoms. The zero-order valence-electron chi connectivity index (χ0n) is 38.5. The normalized spacial score (nSPS) is 15.9. The van der Waals surface area contributed by atoms with Crippen LogP contribution in [0.25, 0.3) is 22.4 Å². The fourth-order valence-electron chi connectivity index (χ4n) is 8.45. The molecule has 68 heavy (non-hydrogen) atoms. The number of thiazole rings is 1. The van der Waals surface area contributed by atoms with Crippen molar-refractivity contribution in [2.75, 3.05) is 58.9 Å². The maximum atomic E-state index is 14.3. The highest BCUT2D eigenvalue weighted by Crippen LogP contribution is 2.37. The van der Waals surface area contributed by atoms with Gasteiger partial charge < -0.3 is 50.6 Å². The van der Waals surface area contributed by atoms with Gasteiger partial charge in [0.05, 0.1) is 38.2 Å². The molecule has 0 bridgehead atoms. The number of carbonyl (C=O) groups is 4. The van der Waals surface area contributed by atoms with Crippen LogP contribution in [0.15, 0.2) is 84.2 Å². The summed E-state index contributed by atoms with van der Waals surface area (Å²) in [6, 6.07) is 22.7. The molecule has 5 aromatic rings. The molecule has 2 aromatic heterocycles. The van der Waals surface area contributed by atoms with Crippen LogP contribution in [0.5, 0.6) is 11.5 Å². The number of amides is 3. The maximum Gasteiger partial charge on any atom is 0.407 e. The Balaban J connectivity index is 0.803. The number of nitrogens with one attached hydrogen (secondary N) is 3. The Bertz CT molecular complexity index is 2480. The van der Waals surface area contributed by atoms with Gasteiger partial charge in [-0.1, -0.05) is 67.8 Å². The number of aromatic nitrogens is 3. The second-order valence-electron chi connectivity index (χ2n) is 16.8. The lowest BCUT2D eigenvalue weighted by Crippen LogP contribution is -2.54. The summed E-state index contributed by atoms with van der Waals surface area (Å²) in [5.74, 6) is -0.0185. The summed E-state index contributed by atoms with van der Waals surface area (Å²) in [6.45, 7) is 5.29. The Morgan fingerprint density at radius 1 is 0.868 bits per heavy atom. The fraction of sp³-hybridized carbons (Fsp3) is 0.420. The van der Waals surface area contributed by atoms with Crippen LogP contribution in [0.2, 0.25) is 0 Å². The van der Waals surface area contributed by atoms with E-state index >= 15 is 0 Å². The second kappa shape index (κ2) is 24.5. The third-order valence-corrected chi connectivity index (χ3v) is 13.0. The predicted molar refractivity (Wildman–Crippen MR) is 257 cm³/mol. The summed E-state index contributed by atoms with van der Waals surface area (Å²) >= 11 is 1.35. The minimum Gasteiger partial charge on any atom is -0.507 e. The first-order valence-corrected chi connectivity index (χ1v) is 24.1. The second-order valence-corrected chi connectivity index (χ2v) is 17.7. The van der Waals surface area contributed by atoms with E-state index in [1.165, 1.54) is 25.3 Å². The predicted octanol–water partition coefficient (Wildman–Crippen LogP) is 6.46. The third kappa shape index (κ3) is 13.2. The van der Waals surface area contributed by atoms with E-state index in [4.69, 9.17) is 29.7 Å². The zero-order valence-corrected chi connectivity index (χ0v) is 39.3. The Morgan fingerprint density at radius 3 is 2.41 bits per heavy atom. The summed E-state index contributed by atoms with van der Waals surface area (Å²) in [5.41, 5.74) is 10.7. The number of hydrogen-bond donors (Lipinski definition) is 5. The van der Waals surface area contributed by atoms with Crippen molar-refractivity contribution >= 4 is 40.8 Å². The number of nitrogens with two attached hydrogens (primary N) is 1. The highest BCUT2D eigenvalue weighted by atomic mass is 32.1. The van der Waals surface area contributed by atoms with Gasteiger partial charge in [-0.25, -0.2) is 9.78 Å². The van der Waals surface area contributed by atoms with Crippen LogP contribution in [0.3, 0.4) is 0 Å². The summed E-state index contributed by atoms with van der Waals surface area (Å²) < 4.78 is 22.5. The van der Waals surface area contributed by atoms with E-state index in [-0.39, 0.29) is 36.0 Å². The van der Waals surface area contributed by atoms with Gasteiger partial charge in [0.25, 0.3) is 5.91 Å². The first-order valence-electron chi connectivity index (χ1n) is 23.2. The molecule has 360 valence electrons. The highest BCUT2D eigenvalue weighted by molar-refractivity contribution is 7.10. The molecule has 7 rings (SSSR count). The van der Waals surface area contributed by atoms with Crippen LogP contribution >= 0.6 is 11.3 Å². The van der Waals surface area contributed by atoms with E-state index in [1.807, 2.05) is 36.4 Å². The van der Waals surface area contributed by atoms with Gasteiger partial charge in [-0.3, -0.25) is 14.4 Å². The van der Waals surface area contributed by atoms with Crippen LogP contribution in [0.4, 0.5) is 10.6 Å². The van der Waals surface area contributed by atoms with E-state index < -0.39 is 24.1 Å². The van der Waals surface area contributed by atoms with Crippen LogP contribution < -0.4 is 26.4 Å². The number of hydrogen-bond acceptors (Lipinski definition) is 15. The van der Waals surface area contributed by atoms with Crippen LogP contribution in [-0.4, -0.2) is 114 Å². The van der Waals surface area contributed by atoms with Crippen molar-refractivity contribution in [2.45, 2.75) is 76.6 Å². The van der Waals surface area contributed by atoms with E-state index in [0.29, 0.717) is 91.6 Å². The number of nitrogen functional groups attached to an aromatic ring is 1. The molecule has 18 heteroatoms. The Morgan fingerprint density at radius 2 is 1.63 bits per heavy atom. The average molecular weight is 949 g/mol. The summed E-state index contributed by atoms with van der Waals surface area (Å²) in [7, 11) is 1.42. The van der Waals surface area contributed by atoms with E-state index in [1.54, 1.807) is 52.7 Å². The number of aromatic hydroxyl groups is 1. The van der Waals surface area contributed by atoms with E-state index in [0.717, 1.165) is 55.2 Å². The molecule has 2 fully saturated rings. The molecular formula is C50H60N8O9S. The Labute approximate surface area is 400 Å². The van der Waals surface area contributed by atoms with Crippen molar-refractivity contribution in [1.82, 2.24) is 36.0 Å². The van der Waals surface area contributed by atoms with Crippen molar-refractivity contribution < 1.29 is 43.2 Å². The number of phenols is 1. The van der Waals surface area contributed by atoms with Crippen LogP contribution in [0.1, 0.15) is 84.5 Å². The van der Waals surface area contributed by atoms with Gasteiger partial charge in [0.1, 0.15) is 34.8 Å². The SMILES string of the molecule is CNC(=O)OC(C)C(=O)NC(C(=O)N1CCC[C@H]1c1nc(C(=O)c2cccc(OCCOCCOCCNCc3ccc(-c4cc(-c5ccccc5O)nnc4N)cc3)c2)cs1)C1CCCCC1. The van der Waals surface area contributed by atoms with Crippen LogP contribution in [-0.2, 0) is 30.3 Å². The molecule has 3 aromatic carbocycles. The average Bonchev–Trinajstić information content (AvgIpc) is 4.07. The number of alkyl carbamates (subject to hydrolysis) is 1. The van der Waals surface area contributed by atoms with Gasteiger partial charge in [-0.05, 0) is 80.0 Å². The van der Waals surface area contributed by atoms with E-state index in [9.17, 15) is 24.3 Å². The number of phenolic OH excluding ortho intramolecular Hbond substituents is 1. The van der Waals surface area contributed by atoms with Gasteiger partial charge in [0.15, 0.2) is 11.9 Å². The third-order valence-electron chi connectivity index (χ3n) is 12.1. The topological polar surface area (TPSA) is 229 Å². The number of carbonyl (C=O) groups excluding carboxylic acids is 4. The van der Waals surface area contributed by atoms with Gasteiger partial charge >= 0.3 is 6.09 Å². The molecular weight excluding hydrogens is 889 g/mol. The van der Waals surface area contributed by atoms with Crippen molar-refractivity contribution in [3.8, 4) is 33.9 Å². The van der Waals surface area contributed by atoms with Crippen molar-refractivity contribution in [2.24, 2.45) is 5.92 Å². The zero-order chi connectivity index (χ0) is 47.8. The molecule has 1 saturated heterocycles. The summed E-state index contributed by atoms with van der Waals surface area (Å²) in [4.78, 5) is 59.3. The summed E-state index contributed by atoms with van der Waals surface area (Å²) in [5, 5.41) is 29.6. The standard InChI is InChI=1S/C50H60N8O9S/c1-32(67-50(63)52-2)47(61)55-44(35-10-4-3-5-11-35)49(62)58-22-9-15-42(58)48-54-41(31-68-48)45(60)36-12-8-13-37(28-36)66-27-26-65-25-24-64-23-21-53-30-33-17-19-34(20-18-33)39-29-40(56-57-46(39)51)38-14-6-7-16-43(38)59/h6-8,12-14,16-20,28-29,31-32,35,42,44,53,59H,3-5,9-11,15,21-27,30H2,1-2H3,(H2,51,57)(H,52,63)(H,55,61)/t32?,42-,44?/m0/s1. The van der Waals surface area contributed by atoms with Gasteiger partial charge in [0.2, 0.25) is 11.7 Å². The Kier molecular flexibility index (Phi) is 17.8. The lowest BCUT2D eigenvalue weighted by molar-refractivity contribution is -0.141. The van der Waals surface area contributed by atoms with Crippen molar-refractivity contribution in [3.05, 3.63) is 106 Å². The number of likely N-dealkylation sites (tertiary alicyclic amines) is 1. The molecule has 1 aliphatic heterocycles. The molecule has 2 unspecified atom stereocenters. The molecule has 3 heterocycles. The number of benzene rings is 3. The van der Waals surface area contributed by atoms with Gasteiger partial charge in [0, 0.05) is 48.8 Å². The minimum atomic E-state index is -1.07. The number of nitrogens with zero attached hydrogens (tertiary/aromatic N) is 4. The largest absolute Gasteiger partial charge is 0.507 e. The summed E-state index contributed by atoms with van der Waals surface area (Å²) in [6.07, 6.45) is 4.33. The first kappa shape index (κ1) is 49.4. The maximum absolute atomic E-state index is 14.3. The molecule has 1 aliphatic carbocycles. The molecule has 1 saturated carbocycles. The minimum absolute atomic E-state index is 0.0336. The fourth-order valence-corrected chi connectivity index (χ4v) is 9.40. The lowest BCUT2D eigenvalue weighted by Gasteiger charge is -2.35. The number of para-hydroxylation sites is 1. The van der Waals surface area contributed by atoms with E-state index in [2.05, 4.69) is 26.1 Å². The number of ether oxygens (including phenoxy) is 4. The smallest absolute Gasteiger partial charge is 0.407 e. The molecule has 6 N–H and O–H groups in total. The lowest BCUT2D eigenvalue weighted by atomic mass is 9.83. The number of rotatable bonds is 22. The first-order chi connectivity index (χ1) is 33.1. The van der Waals surface area contributed by atoms with Crippen LogP contribution in [0, 0.1) is 5.92 Å². The quantitative estimate of drug-likeness (QED) is 0.0371. The highest BCUT2D eigenvalue weighted by Gasteiger charge is 2.40. The monoisotopic (exact) mass is 948 g/mol. The van der Waals surface area contributed by atoms with Gasteiger partial charge in [-0.15, -0.1) is 21.5 Å². The number of ketones is 1. The Hall–Kier alpha value is -6.47. The molecule has 3 amide bonds. The van der Waals surface area contributed by atoms with Crippen molar-refractivity contribution in [3.63, 3.8) is 0 Å². The molecule has 2 aliphatic rings. The van der Waals surface area contributed by atoms with Crippen molar-refractivity contribution in [1.29, 1.82) is 0 Å². The molecule has 17 nitrogen and oxygen atoms in total. The number of anilines is 1. The molecule has 3 atom stereocenters. The van der Waals surface area contributed by atoms with Gasteiger partial charge in [-0.2, -0.15) is 0 Å². The molecule has 0 radical (unpaired) electrons.